The van der Waals surface area contributed by atoms with Crippen LogP contribution in [0.2, 0.25) is 0 Å². The van der Waals surface area contributed by atoms with E-state index in [-0.39, 0.29) is 18.0 Å². The Kier molecular flexibility index (Phi) is 6.48. The number of rotatable bonds is 7. The number of methoxy groups -OCH3 is 1. The maximum atomic E-state index is 14.2. The number of aromatic nitrogens is 1. The Morgan fingerprint density at radius 1 is 1.06 bits per heavy atom. The van der Waals surface area contributed by atoms with Crippen molar-refractivity contribution < 1.29 is 9.53 Å². The lowest BCUT2D eigenvalue weighted by Gasteiger charge is -2.39. The number of hydrogen-bond donors (Lipinski definition) is 1. The first-order valence-corrected chi connectivity index (χ1v) is 11.8. The van der Waals surface area contributed by atoms with Gasteiger partial charge in [0.2, 0.25) is 5.91 Å². The Hall–Kier alpha value is -3.41. The summed E-state index contributed by atoms with van der Waals surface area (Å²) in [7, 11) is 3.75. The first-order chi connectivity index (χ1) is 16.6. The van der Waals surface area contributed by atoms with Gasteiger partial charge in [0.25, 0.3) is 0 Å². The Morgan fingerprint density at radius 3 is 2.62 bits per heavy atom. The molecule has 2 heterocycles. The predicted octanol–water partition coefficient (Wildman–Crippen LogP) is 4.94. The van der Waals surface area contributed by atoms with Gasteiger partial charge < -0.3 is 14.6 Å². The second-order valence-corrected chi connectivity index (χ2v) is 9.15. The van der Waals surface area contributed by atoms with Gasteiger partial charge in [0.1, 0.15) is 0 Å². The molecule has 5 nitrogen and oxygen atoms in total. The van der Waals surface area contributed by atoms with Crippen molar-refractivity contribution in [1.29, 1.82) is 0 Å². The Morgan fingerprint density at radius 2 is 1.82 bits per heavy atom. The van der Waals surface area contributed by atoms with Crippen molar-refractivity contribution in [3.8, 4) is 0 Å². The Labute approximate surface area is 201 Å². The van der Waals surface area contributed by atoms with Gasteiger partial charge in [-0.25, -0.2) is 0 Å². The number of carbonyl (C=O) groups is 1. The van der Waals surface area contributed by atoms with Gasteiger partial charge in [0, 0.05) is 31.9 Å². The lowest BCUT2D eigenvalue weighted by Crippen LogP contribution is -2.51. The lowest BCUT2D eigenvalue weighted by atomic mass is 9.92. The predicted molar refractivity (Wildman–Crippen MR) is 135 cm³/mol. The van der Waals surface area contributed by atoms with Crippen LogP contribution in [0.15, 0.2) is 85.1 Å². The molecule has 1 aliphatic heterocycles. The maximum Gasteiger partial charge on any atom is 0.241 e. The van der Waals surface area contributed by atoms with E-state index in [1.54, 1.807) is 7.11 Å². The van der Waals surface area contributed by atoms with Crippen molar-refractivity contribution >= 4 is 16.8 Å². The highest BCUT2D eigenvalue weighted by Crippen LogP contribution is 2.29. The molecule has 2 atom stereocenters. The zero-order chi connectivity index (χ0) is 23.5. The third kappa shape index (κ3) is 4.49. The lowest BCUT2D eigenvalue weighted by molar-refractivity contribution is -0.141. The zero-order valence-electron chi connectivity index (χ0n) is 19.8. The normalized spacial score (nSPS) is 16.8. The van der Waals surface area contributed by atoms with Crippen molar-refractivity contribution in [3.05, 3.63) is 107 Å². The highest BCUT2D eigenvalue weighted by atomic mass is 16.5. The van der Waals surface area contributed by atoms with E-state index in [4.69, 9.17) is 4.74 Å². The number of fused-ring (bicyclic) bond motifs is 2. The van der Waals surface area contributed by atoms with Crippen LogP contribution in [0.3, 0.4) is 0 Å². The van der Waals surface area contributed by atoms with Gasteiger partial charge in [-0.15, -0.1) is 0 Å². The van der Waals surface area contributed by atoms with Gasteiger partial charge in [-0.05, 0) is 59.3 Å². The third-order valence-electron chi connectivity index (χ3n) is 6.91. The van der Waals surface area contributed by atoms with Gasteiger partial charge in [0.15, 0.2) is 0 Å². The molecular formula is C29H31N3O2. The quantitative estimate of drug-likeness (QED) is 0.431. The summed E-state index contributed by atoms with van der Waals surface area (Å²) < 4.78 is 5.64. The number of nitrogens with one attached hydrogen (secondary N) is 1. The summed E-state index contributed by atoms with van der Waals surface area (Å²) in [5.41, 5.74) is 5.85. The number of ether oxygens (including phenoxy) is 1. The first-order valence-electron chi connectivity index (χ1n) is 11.8. The summed E-state index contributed by atoms with van der Waals surface area (Å²) in [4.78, 5) is 21.7. The number of amides is 1. The summed E-state index contributed by atoms with van der Waals surface area (Å²) in [5.74, 6) is 0.136. The molecule has 3 aromatic carbocycles. The molecule has 4 aromatic rings. The molecule has 2 unspecified atom stereocenters. The highest BCUT2D eigenvalue weighted by molar-refractivity contribution is 5.84. The molecule has 0 saturated carbocycles. The minimum absolute atomic E-state index is 0.136. The molecule has 0 bridgehead atoms. The SMILES string of the molecule is COCC(c1ccccc1)N(Cc1ccc2[nH]ccc2c1)C(=O)C1Cc2ccccc2CN1C. The third-order valence-corrected chi connectivity index (χ3v) is 6.91. The molecule has 0 spiro atoms. The van der Waals surface area contributed by atoms with Gasteiger partial charge in [0.05, 0.1) is 18.7 Å². The summed E-state index contributed by atoms with van der Waals surface area (Å²) in [6.07, 6.45) is 2.66. The van der Waals surface area contributed by atoms with E-state index in [2.05, 4.69) is 77.6 Å². The van der Waals surface area contributed by atoms with Crippen LogP contribution < -0.4 is 0 Å². The number of benzene rings is 3. The molecular weight excluding hydrogens is 422 g/mol. The molecule has 1 amide bonds. The number of H-pyrrole nitrogens is 1. The van der Waals surface area contributed by atoms with Crippen LogP contribution in [-0.4, -0.2) is 47.5 Å². The smallest absolute Gasteiger partial charge is 0.241 e. The van der Waals surface area contributed by atoms with Crippen molar-refractivity contribution in [1.82, 2.24) is 14.8 Å². The number of aromatic amines is 1. The van der Waals surface area contributed by atoms with Gasteiger partial charge >= 0.3 is 0 Å². The van der Waals surface area contributed by atoms with Gasteiger partial charge in [-0.2, -0.15) is 0 Å². The molecule has 174 valence electrons. The fraction of sp³-hybridized carbons (Fsp3) is 0.276. The van der Waals surface area contributed by atoms with Crippen molar-refractivity contribution in [2.75, 3.05) is 20.8 Å². The molecule has 34 heavy (non-hydrogen) atoms. The van der Waals surface area contributed by atoms with E-state index in [0.29, 0.717) is 19.6 Å². The van der Waals surface area contributed by atoms with E-state index in [1.165, 1.54) is 11.1 Å². The van der Waals surface area contributed by atoms with Crippen LogP contribution >= 0.6 is 0 Å². The summed E-state index contributed by atoms with van der Waals surface area (Å²) >= 11 is 0. The summed E-state index contributed by atoms with van der Waals surface area (Å²) in [6.45, 7) is 1.74. The molecule has 1 aliphatic rings. The fourth-order valence-electron chi connectivity index (χ4n) is 5.06. The summed E-state index contributed by atoms with van der Waals surface area (Å²) in [6, 6.07) is 26.7. The number of nitrogens with zero attached hydrogens (tertiary/aromatic N) is 2. The number of carbonyl (C=O) groups excluding carboxylic acids is 1. The Balaban J connectivity index is 1.51. The molecule has 1 N–H and O–H groups in total. The monoisotopic (exact) mass is 453 g/mol. The first kappa shape index (κ1) is 22.4. The molecule has 0 aliphatic carbocycles. The fourth-order valence-corrected chi connectivity index (χ4v) is 5.06. The van der Waals surface area contributed by atoms with E-state index >= 15 is 0 Å². The van der Waals surface area contributed by atoms with Crippen LogP contribution in [0.25, 0.3) is 10.9 Å². The molecule has 1 aromatic heterocycles. The number of hydrogen-bond acceptors (Lipinski definition) is 3. The van der Waals surface area contributed by atoms with Crippen LogP contribution in [0.4, 0.5) is 0 Å². The zero-order valence-corrected chi connectivity index (χ0v) is 19.8. The molecule has 5 heteroatoms. The average molecular weight is 454 g/mol. The number of likely N-dealkylation sites (N-methyl/N-ethyl adjacent to an activating group) is 1. The molecule has 0 radical (unpaired) electrons. The largest absolute Gasteiger partial charge is 0.382 e. The van der Waals surface area contributed by atoms with Crippen molar-refractivity contribution in [2.45, 2.75) is 31.6 Å². The average Bonchev–Trinajstić information content (AvgIpc) is 3.34. The molecule has 0 fully saturated rings. The summed E-state index contributed by atoms with van der Waals surface area (Å²) in [5, 5.41) is 1.15. The van der Waals surface area contributed by atoms with E-state index in [1.807, 2.05) is 29.3 Å². The second-order valence-electron chi connectivity index (χ2n) is 9.15. The van der Waals surface area contributed by atoms with Crippen molar-refractivity contribution in [3.63, 3.8) is 0 Å². The van der Waals surface area contributed by atoms with E-state index in [0.717, 1.165) is 28.6 Å². The van der Waals surface area contributed by atoms with Crippen LogP contribution in [0.5, 0.6) is 0 Å². The van der Waals surface area contributed by atoms with Crippen molar-refractivity contribution in [2.24, 2.45) is 0 Å². The van der Waals surface area contributed by atoms with E-state index < -0.39 is 0 Å². The van der Waals surface area contributed by atoms with E-state index in [9.17, 15) is 4.79 Å². The van der Waals surface area contributed by atoms with Gasteiger partial charge in [-0.3, -0.25) is 9.69 Å². The van der Waals surface area contributed by atoms with Crippen LogP contribution in [0, 0.1) is 0 Å². The Bertz CT molecular complexity index is 1270. The van der Waals surface area contributed by atoms with Crippen LogP contribution in [0.1, 0.15) is 28.3 Å². The highest BCUT2D eigenvalue weighted by Gasteiger charge is 2.35. The molecule has 5 rings (SSSR count). The second kappa shape index (κ2) is 9.84. The topological polar surface area (TPSA) is 48.6 Å². The van der Waals surface area contributed by atoms with Crippen LogP contribution in [-0.2, 0) is 29.0 Å². The minimum atomic E-state index is -0.214. The molecule has 0 saturated heterocycles. The standard InChI is InChI=1S/C29H31N3O2/c1-31-19-25-11-7-6-10-23(25)17-27(31)29(33)32(28(20-34-2)22-8-4-3-5-9-22)18-21-12-13-26-24(16-21)14-15-30-26/h3-16,27-28,30H,17-20H2,1-2H3. The minimum Gasteiger partial charge on any atom is -0.382 e. The van der Waals surface area contributed by atoms with Gasteiger partial charge in [-0.1, -0.05) is 60.7 Å². The maximum absolute atomic E-state index is 14.2.